The van der Waals surface area contributed by atoms with E-state index in [4.69, 9.17) is 0 Å². The van der Waals surface area contributed by atoms with Gasteiger partial charge in [-0.2, -0.15) is 13.2 Å². The molecule has 1 fully saturated rings. The van der Waals surface area contributed by atoms with Crippen molar-refractivity contribution in [3.05, 3.63) is 23.9 Å². The van der Waals surface area contributed by atoms with Crippen molar-refractivity contribution in [1.82, 2.24) is 9.88 Å². The topological polar surface area (TPSA) is 65.5 Å². The number of hydrogen-bond acceptors (Lipinski definition) is 3. The fourth-order valence-corrected chi connectivity index (χ4v) is 3.41. The maximum Gasteiger partial charge on any atom is 0.417 e. The SMILES string of the molecule is CC(C)(C)C1(C)C(Nc2ccc(C(F)(F)F)cn2)CCCN1C(=O)O. The molecule has 2 atom stereocenters. The average molecular weight is 359 g/mol. The summed E-state index contributed by atoms with van der Waals surface area (Å²) < 4.78 is 38.0. The van der Waals surface area contributed by atoms with Gasteiger partial charge in [-0.25, -0.2) is 9.78 Å². The first-order valence-electron chi connectivity index (χ1n) is 8.17. The summed E-state index contributed by atoms with van der Waals surface area (Å²) in [5.41, 5.74) is -1.93. The van der Waals surface area contributed by atoms with E-state index >= 15 is 0 Å². The first-order chi connectivity index (χ1) is 11.4. The van der Waals surface area contributed by atoms with Gasteiger partial charge in [0.15, 0.2) is 0 Å². The average Bonchev–Trinajstić information content (AvgIpc) is 2.47. The van der Waals surface area contributed by atoms with Crippen molar-refractivity contribution in [1.29, 1.82) is 0 Å². The van der Waals surface area contributed by atoms with Crippen LogP contribution in [0.1, 0.15) is 46.1 Å². The number of anilines is 1. The monoisotopic (exact) mass is 359 g/mol. The van der Waals surface area contributed by atoms with E-state index in [1.807, 2.05) is 27.7 Å². The molecule has 0 saturated carbocycles. The number of amides is 1. The van der Waals surface area contributed by atoms with E-state index in [0.717, 1.165) is 12.3 Å². The standard InChI is InChI=1S/C17H24F3N3O2/c1-15(2,3)16(4)12(6-5-9-23(16)14(24)25)22-13-8-7-11(10-21-13)17(18,19)20/h7-8,10,12H,5-6,9H2,1-4H3,(H,21,22)(H,24,25). The zero-order valence-corrected chi connectivity index (χ0v) is 14.8. The Morgan fingerprint density at radius 3 is 2.44 bits per heavy atom. The first-order valence-corrected chi connectivity index (χ1v) is 8.17. The molecular formula is C17H24F3N3O2. The van der Waals surface area contributed by atoms with E-state index in [0.29, 0.717) is 25.2 Å². The van der Waals surface area contributed by atoms with E-state index in [2.05, 4.69) is 10.3 Å². The highest BCUT2D eigenvalue weighted by Crippen LogP contribution is 2.43. The molecule has 2 N–H and O–H groups in total. The van der Waals surface area contributed by atoms with Gasteiger partial charge in [0.2, 0.25) is 0 Å². The van der Waals surface area contributed by atoms with Crippen LogP contribution in [0.2, 0.25) is 0 Å². The highest BCUT2D eigenvalue weighted by Gasteiger charge is 2.52. The number of nitrogens with zero attached hydrogens (tertiary/aromatic N) is 2. The van der Waals surface area contributed by atoms with E-state index in [-0.39, 0.29) is 11.5 Å². The normalized spacial score (nSPS) is 24.9. The lowest BCUT2D eigenvalue weighted by Gasteiger charge is -2.56. The van der Waals surface area contributed by atoms with Gasteiger partial charge in [0.1, 0.15) is 5.82 Å². The summed E-state index contributed by atoms with van der Waals surface area (Å²) in [6.45, 7) is 8.19. The number of aromatic nitrogens is 1. The van der Waals surface area contributed by atoms with Crippen LogP contribution < -0.4 is 5.32 Å². The maximum absolute atomic E-state index is 12.7. The Labute approximate surface area is 145 Å². The molecule has 5 nitrogen and oxygen atoms in total. The van der Waals surface area contributed by atoms with Crippen LogP contribution in [0.25, 0.3) is 0 Å². The Balaban J connectivity index is 2.31. The van der Waals surface area contributed by atoms with Gasteiger partial charge >= 0.3 is 12.3 Å². The predicted octanol–water partition coefficient (Wildman–Crippen LogP) is 4.46. The molecule has 1 aliphatic heterocycles. The summed E-state index contributed by atoms with van der Waals surface area (Å²) >= 11 is 0. The molecule has 0 aliphatic carbocycles. The number of alkyl halides is 3. The number of piperidine rings is 1. The highest BCUT2D eigenvalue weighted by atomic mass is 19.4. The number of pyridine rings is 1. The molecule has 25 heavy (non-hydrogen) atoms. The Morgan fingerprint density at radius 1 is 1.36 bits per heavy atom. The smallest absolute Gasteiger partial charge is 0.417 e. The summed E-state index contributed by atoms with van der Waals surface area (Å²) in [4.78, 5) is 17.0. The molecule has 2 rings (SSSR count). The van der Waals surface area contributed by atoms with Crippen molar-refractivity contribution in [3.63, 3.8) is 0 Å². The minimum atomic E-state index is -4.43. The molecule has 140 valence electrons. The first kappa shape index (κ1) is 19.3. The van der Waals surface area contributed by atoms with Crippen LogP contribution in [0, 0.1) is 5.41 Å². The largest absolute Gasteiger partial charge is 0.465 e. The summed E-state index contributed by atoms with van der Waals surface area (Å²) in [6.07, 6.45) is -3.26. The maximum atomic E-state index is 12.7. The van der Waals surface area contributed by atoms with Gasteiger partial charge in [0.05, 0.1) is 17.1 Å². The quantitative estimate of drug-likeness (QED) is 0.818. The third-order valence-electron chi connectivity index (χ3n) is 5.28. The van der Waals surface area contributed by atoms with Crippen LogP contribution in [-0.2, 0) is 6.18 Å². The van der Waals surface area contributed by atoms with E-state index in [1.54, 1.807) is 0 Å². The van der Waals surface area contributed by atoms with Gasteiger partial charge in [-0.3, -0.25) is 0 Å². The Morgan fingerprint density at radius 2 is 2.00 bits per heavy atom. The van der Waals surface area contributed by atoms with Crippen molar-refractivity contribution in [2.24, 2.45) is 5.41 Å². The Kier molecular flexibility index (Phi) is 4.94. The summed E-state index contributed by atoms with van der Waals surface area (Å²) in [5, 5.41) is 12.8. The van der Waals surface area contributed by atoms with E-state index < -0.39 is 23.4 Å². The fraction of sp³-hybridized carbons (Fsp3) is 0.647. The van der Waals surface area contributed by atoms with Gasteiger partial charge in [0.25, 0.3) is 0 Å². The van der Waals surface area contributed by atoms with E-state index in [9.17, 15) is 23.1 Å². The number of rotatable bonds is 2. The van der Waals surface area contributed by atoms with Crippen LogP contribution >= 0.6 is 0 Å². The lowest BCUT2D eigenvalue weighted by Crippen LogP contribution is -2.68. The minimum absolute atomic E-state index is 0.262. The van der Waals surface area contributed by atoms with Crippen LogP contribution in [0.4, 0.5) is 23.8 Å². The molecule has 0 aromatic carbocycles. The number of carbonyl (C=O) groups is 1. The zero-order valence-electron chi connectivity index (χ0n) is 14.8. The molecule has 1 aromatic rings. The van der Waals surface area contributed by atoms with E-state index in [1.165, 1.54) is 11.0 Å². The van der Waals surface area contributed by atoms with Crippen molar-refractivity contribution in [2.75, 3.05) is 11.9 Å². The molecule has 1 amide bonds. The lowest BCUT2D eigenvalue weighted by atomic mass is 9.66. The zero-order chi connectivity index (χ0) is 19.0. The summed E-state index contributed by atoms with van der Waals surface area (Å²) in [7, 11) is 0. The molecule has 0 spiro atoms. The number of carboxylic acid groups (broad SMARTS) is 1. The molecule has 1 saturated heterocycles. The third kappa shape index (κ3) is 3.67. The molecule has 1 aromatic heterocycles. The second-order valence-electron chi connectivity index (χ2n) is 7.60. The number of likely N-dealkylation sites (tertiary alicyclic amines) is 1. The van der Waals surface area contributed by atoms with Gasteiger partial charge in [-0.05, 0) is 37.3 Å². The Hall–Kier alpha value is -1.99. The highest BCUT2D eigenvalue weighted by molar-refractivity contribution is 5.67. The van der Waals surface area contributed by atoms with Gasteiger partial charge in [-0.15, -0.1) is 0 Å². The molecule has 0 radical (unpaired) electrons. The second-order valence-corrected chi connectivity index (χ2v) is 7.60. The minimum Gasteiger partial charge on any atom is -0.465 e. The van der Waals surface area contributed by atoms with Gasteiger partial charge in [-0.1, -0.05) is 20.8 Å². The number of hydrogen-bond donors (Lipinski definition) is 2. The summed E-state index contributed by atoms with van der Waals surface area (Å²) in [6, 6.07) is 1.99. The van der Waals surface area contributed by atoms with Crippen molar-refractivity contribution < 1.29 is 23.1 Å². The molecule has 0 bridgehead atoms. The second kappa shape index (κ2) is 6.38. The molecular weight excluding hydrogens is 335 g/mol. The molecule has 8 heteroatoms. The van der Waals surface area contributed by atoms with Crippen molar-refractivity contribution in [2.45, 2.75) is 58.3 Å². The molecule has 2 heterocycles. The van der Waals surface area contributed by atoms with Crippen LogP contribution in [0.15, 0.2) is 18.3 Å². The molecule has 1 aliphatic rings. The van der Waals surface area contributed by atoms with Crippen LogP contribution in [0.5, 0.6) is 0 Å². The van der Waals surface area contributed by atoms with Crippen LogP contribution in [-0.4, -0.2) is 39.2 Å². The molecule has 2 unspecified atom stereocenters. The Bertz CT molecular complexity index is 626. The van der Waals surface area contributed by atoms with Crippen LogP contribution in [0.3, 0.4) is 0 Å². The summed E-state index contributed by atoms with van der Waals surface area (Å²) in [5.74, 6) is 0.306. The third-order valence-corrected chi connectivity index (χ3v) is 5.28. The lowest BCUT2D eigenvalue weighted by molar-refractivity contribution is -0.137. The number of halogens is 3. The predicted molar refractivity (Wildman–Crippen MR) is 88.5 cm³/mol. The van der Waals surface area contributed by atoms with Gasteiger partial charge < -0.3 is 15.3 Å². The van der Waals surface area contributed by atoms with Crippen molar-refractivity contribution >= 4 is 11.9 Å². The number of nitrogens with one attached hydrogen (secondary N) is 1. The van der Waals surface area contributed by atoms with Gasteiger partial charge in [0, 0.05) is 12.7 Å². The van der Waals surface area contributed by atoms with Crippen molar-refractivity contribution in [3.8, 4) is 0 Å². The fourth-order valence-electron chi connectivity index (χ4n) is 3.41.